The van der Waals surface area contributed by atoms with Gasteiger partial charge in [-0.1, -0.05) is 5.16 Å². The van der Waals surface area contributed by atoms with Crippen LogP contribution in [0.3, 0.4) is 0 Å². The minimum Gasteiger partial charge on any atom is -0.352 e. The second-order valence-electron chi connectivity index (χ2n) is 1.55. The van der Waals surface area contributed by atoms with Crippen LogP contribution >= 0.6 is 0 Å². The molecule has 0 aliphatic heterocycles. The van der Waals surface area contributed by atoms with Gasteiger partial charge in [-0.3, -0.25) is 0 Å². The highest BCUT2D eigenvalue weighted by Gasteiger charge is 2.01. The summed E-state index contributed by atoms with van der Waals surface area (Å²) < 4.78 is 4.40. The second-order valence-corrected chi connectivity index (χ2v) is 1.55. The lowest BCUT2D eigenvalue weighted by Crippen LogP contribution is -2.47. The Morgan fingerprint density at radius 2 is 2.38 bits per heavy atom. The first-order chi connectivity index (χ1) is 3.84. The minimum absolute atomic E-state index is 0.648. The molecule has 0 spiro atoms. The van der Waals surface area contributed by atoms with E-state index in [9.17, 15) is 0 Å². The van der Waals surface area contributed by atoms with Crippen molar-refractivity contribution in [1.29, 1.82) is 0 Å². The molecule has 8 heavy (non-hydrogen) atoms. The molecule has 4 heteroatoms. The van der Waals surface area contributed by atoms with Crippen molar-refractivity contribution >= 4 is 0 Å². The monoisotopic (exact) mass is 114 g/mol. The van der Waals surface area contributed by atoms with Gasteiger partial charge in [0.05, 0.1) is 0 Å². The Morgan fingerprint density at radius 3 is 2.62 bits per heavy atom. The number of rotatable bonds is 1. The average molecular weight is 114 g/mol. The third kappa shape index (κ3) is 0.696. The van der Waals surface area contributed by atoms with Crippen LogP contribution in [0.2, 0.25) is 0 Å². The van der Waals surface area contributed by atoms with Gasteiger partial charge in [-0.25, -0.2) is 4.63 Å². The standard InChI is InChI=1S/C4H7N3O/c1-3-4(2-5)7-8-6-3/h2,5H2,1H3/p+1. The van der Waals surface area contributed by atoms with Gasteiger partial charge in [0.2, 0.25) is 0 Å². The van der Waals surface area contributed by atoms with E-state index in [2.05, 4.69) is 20.7 Å². The van der Waals surface area contributed by atoms with E-state index >= 15 is 0 Å². The van der Waals surface area contributed by atoms with Crippen LogP contribution in [-0.2, 0) is 6.54 Å². The first kappa shape index (κ1) is 5.24. The van der Waals surface area contributed by atoms with Crippen LogP contribution in [-0.4, -0.2) is 10.3 Å². The van der Waals surface area contributed by atoms with Gasteiger partial charge in [-0.2, -0.15) is 0 Å². The number of hydrogen-bond acceptors (Lipinski definition) is 3. The van der Waals surface area contributed by atoms with Gasteiger partial charge < -0.3 is 5.73 Å². The zero-order valence-electron chi connectivity index (χ0n) is 4.72. The van der Waals surface area contributed by atoms with E-state index in [0.717, 1.165) is 11.4 Å². The van der Waals surface area contributed by atoms with Crippen molar-refractivity contribution in [2.45, 2.75) is 13.5 Å². The molecule has 0 aliphatic carbocycles. The van der Waals surface area contributed by atoms with E-state index in [1.165, 1.54) is 0 Å². The molecule has 0 atom stereocenters. The van der Waals surface area contributed by atoms with Crippen LogP contribution in [0.25, 0.3) is 0 Å². The highest BCUT2D eigenvalue weighted by Crippen LogP contribution is 1.95. The van der Waals surface area contributed by atoms with Gasteiger partial charge in [-0.15, -0.1) is 0 Å². The highest BCUT2D eigenvalue weighted by atomic mass is 16.6. The van der Waals surface area contributed by atoms with E-state index in [1.807, 2.05) is 6.92 Å². The van der Waals surface area contributed by atoms with Crippen molar-refractivity contribution in [3.8, 4) is 0 Å². The molecule has 0 saturated carbocycles. The number of aryl methyl sites for hydroxylation is 1. The second kappa shape index (κ2) is 1.92. The number of hydrogen-bond donors (Lipinski definition) is 1. The lowest BCUT2D eigenvalue weighted by atomic mass is 10.4. The summed E-state index contributed by atoms with van der Waals surface area (Å²) in [6.07, 6.45) is 0. The number of quaternary nitrogens is 1. The Hall–Kier alpha value is -0.900. The molecule has 0 unspecified atom stereocenters. The molecule has 1 aromatic rings. The molecule has 0 saturated heterocycles. The van der Waals surface area contributed by atoms with Gasteiger partial charge in [0.1, 0.15) is 12.2 Å². The quantitative estimate of drug-likeness (QED) is 0.515. The summed E-state index contributed by atoms with van der Waals surface area (Å²) in [7, 11) is 0. The first-order valence-corrected chi connectivity index (χ1v) is 2.42. The minimum atomic E-state index is 0.648. The molecular weight excluding hydrogens is 106 g/mol. The zero-order valence-corrected chi connectivity index (χ0v) is 4.72. The third-order valence-corrected chi connectivity index (χ3v) is 0.983. The Bertz CT molecular complexity index is 172. The molecule has 0 aliphatic rings. The summed E-state index contributed by atoms with van der Waals surface area (Å²) in [5.41, 5.74) is 5.30. The molecule has 1 rings (SSSR count). The Balaban J connectivity index is 2.92. The maximum atomic E-state index is 4.40. The van der Waals surface area contributed by atoms with Crippen molar-refractivity contribution in [1.82, 2.24) is 10.3 Å². The summed E-state index contributed by atoms with van der Waals surface area (Å²) in [5, 5.41) is 7.15. The zero-order chi connectivity index (χ0) is 5.98. The maximum absolute atomic E-state index is 4.40. The van der Waals surface area contributed by atoms with Gasteiger partial charge in [-0.05, 0) is 12.1 Å². The van der Waals surface area contributed by atoms with Crippen LogP contribution in [0.5, 0.6) is 0 Å². The molecular formula is C4H8N3O+. The molecule has 0 radical (unpaired) electrons. The average Bonchev–Trinajstić information content (AvgIpc) is 2.14. The highest BCUT2D eigenvalue weighted by molar-refractivity contribution is 5.01. The van der Waals surface area contributed by atoms with Gasteiger partial charge in [0.15, 0.2) is 5.69 Å². The molecule has 1 aromatic heterocycles. The van der Waals surface area contributed by atoms with E-state index in [-0.39, 0.29) is 0 Å². The van der Waals surface area contributed by atoms with Crippen molar-refractivity contribution in [2.24, 2.45) is 0 Å². The fraction of sp³-hybridized carbons (Fsp3) is 0.500. The van der Waals surface area contributed by atoms with Gasteiger partial charge in [0, 0.05) is 0 Å². The lowest BCUT2D eigenvalue weighted by molar-refractivity contribution is -0.387. The fourth-order valence-corrected chi connectivity index (χ4v) is 0.476. The Labute approximate surface area is 46.6 Å². The molecule has 0 amide bonds. The molecule has 0 bridgehead atoms. The summed E-state index contributed by atoms with van der Waals surface area (Å²) in [4.78, 5) is 0. The number of nitrogens with zero attached hydrogens (tertiary/aromatic N) is 2. The first-order valence-electron chi connectivity index (χ1n) is 2.42. The molecule has 3 N–H and O–H groups in total. The summed E-state index contributed by atoms with van der Waals surface area (Å²) >= 11 is 0. The summed E-state index contributed by atoms with van der Waals surface area (Å²) in [5.74, 6) is 0. The SMILES string of the molecule is Cc1nonc1C[NH3+]. The Morgan fingerprint density at radius 1 is 1.62 bits per heavy atom. The molecule has 0 fully saturated rings. The predicted molar refractivity (Wildman–Crippen MR) is 25.6 cm³/mol. The topological polar surface area (TPSA) is 66.6 Å². The lowest BCUT2D eigenvalue weighted by Gasteiger charge is -1.78. The predicted octanol–water partition coefficient (Wildman–Crippen LogP) is -0.880. The normalized spacial score (nSPS) is 9.75. The van der Waals surface area contributed by atoms with Gasteiger partial charge >= 0.3 is 0 Å². The van der Waals surface area contributed by atoms with Crippen LogP contribution in [0.4, 0.5) is 0 Å². The van der Waals surface area contributed by atoms with E-state index in [1.54, 1.807) is 0 Å². The van der Waals surface area contributed by atoms with Crippen LogP contribution in [0, 0.1) is 6.92 Å². The van der Waals surface area contributed by atoms with Gasteiger partial charge in [0.25, 0.3) is 0 Å². The third-order valence-electron chi connectivity index (χ3n) is 0.983. The van der Waals surface area contributed by atoms with E-state index in [4.69, 9.17) is 0 Å². The van der Waals surface area contributed by atoms with E-state index < -0.39 is 0 Å². The summed E-state index contributed by atoms with van der Waals surface area (Å²) in [6.45, 7) is 2.49. The summed E-state index contributed by atoms with van der Waals surface area (Å²) in [6, 6.07) is 0. The van der Waals surface area contributed by atoms with Crippen molar-refractivity contribution in [2.75, 3.05) is 0 Å². The fourth-order valence-electron chi connectivity index (χ4n) is 0.476. The Kier molecular flexibility index (Phi) is 1.26. The maximum Gasteiger partial charge on any atom is 0.161 e. The van der Waals surface area contributed by atoms with E-state index in [0.29, 0.717) is 6.54 Å². The van der Waals surface area contributed by atoms with Crippen LogP contribution in [0.1, 0.15) is 11.4 Å². The van der Waals surface area contributed by atoms with Crippen LogP contribution < -0.4 is 5.73 Å². The molecule has 44 valence electrons. The van der Waals surface area contributed by atoms with Crippen LogP contribution in [0.15, 0.2) is 4.63 Å². The van der Waals surface area contributed by atoms with Crippen molar-refractivity contribution in [3.05, 3.63) is 11.4 Å². The molecule has 4 nitrogen and oxygen atoms in total. The smallest absolute Gasteiger partial charge is 0.161 e. The van der Waals surface area contributed by atoms with Crippen molar-refractivity contribution < 1.29 is 10.4 Å². The number of aromatic nitrogens is 2. The largest absolute Gasteiger partial charge is 0.352 e. The molecule has 1 heterocycles. The molecule has 0 aromatic carbocycles. The van der Waals surface area contributed by atoms with Crippen molar-refractivity contribution in [3.63, 3.8) is 0 Å².